The minimum Gasteiger partial charge on any atom is -0.330 e. The molecule has 0 saturated heterocycles. The van der Waals surface area contributed by atoms with Crippen molar-refractivity contribution in [3.05, 3.63) is 47.0 Å². The molecule has 0 unspecified atom stereocenters. The van der Waals surface area contributed by atoms with Gasteiger partial charge in [0.2, 0.25) is 0 Å². The molecule has 1 aromatic carbocycles. The summed E-state index contributed by atoms with van der Waals surface area (Å²) in [7, 11) is 0. The molecule has 3 rings (SSSR count). The van der Waals surface area contributed by atoms with E-state index in [2.05, 4.69) is 10.1 Å². The average molecular weight is 280 g/mol. The van der Waals surface area contributed by atoms with Crippen LogP contribution in [-0.2, 0) is 13.1 Å². The first-order valence-corrected chi connectivity index (χ1v) is 6.11. The maximum Gasteiger partial charge on any atom is 0.184 e. The third kappa shape index (κ3) is 2.06. The van der Waals surface area contributed by atoms with Crippen LogP contribution in [0.25, 0.3) is 11.0 Å². The molecule has 0 bridgehead atoms. The van der Waals surface area contributed by atoms with Gasteiger partial charge < -0.3 is 9.55 Å². The fourth-order valence-electron chi connectivity index (χ4n) is 2.04. The van der Waals surface area contributed by atoms with Gasteiger partial charge in [0, 0.05) is 18.9 Å². The van der Waals surface area contributed by atoms with Gasteiger partial charge in [-0.1, -0.05) is 0 Å². The number of nitrogens with zero attached hydrogens (tertiary/aromatic N) is 3. The lowest BCUT2D eigenvalue weighted by atomic mass is 10.3. The van der Waals surface area contributed by atoms with E-state index in [0.717, 1.165) is 6.07 Å². The standard InChI is InChI=1S/C12H10F2N4S/c13-8-2-3-9-11(10(8)14)18(12(19)16-9)7-6-17-5-1-4-15-17/h1-5H,6-7H2,(H,16,19). The molecule has 0 aliphatic carbocycles. The number of halogens is 2. The summed E-state index contributed by atoms with van der Waals surface area (Å²) in [6.45, 7) is 0.950. The molecule has 0 fully saturated rings. The van der Waals surface area contributed by atoms with Crippen LogP contribution in [-0.4, -0.2) is 19.3 Å². The number of H-pyrrole nitrogens is 1. The number of aryl methyl sites for hydroxylation is 2. The molecule has 2 aromatic heterocycles. The Morgan fingerprint density at radius 3 is 2.84 bits per heavy atom. The molecule has 0 aliphatic rings. The van der Waals surface area contributed by atoms with Crippen LogP contribution in [0.15, 0.2) is 30.6 Å². The van der Waals surface area contributed by atoms with Crippen LogP contribution in [0.2, 0.25) is 0 Å². The van der Waals surface area contributed by atoms with Crippen molar-refractivity contribution in [1.29, 1.82) is 0 Å². The second kappa shape index (κ2) is 4.58. The Kier molecular flexibility index (Phi) is 2.90. The summed E-state index contributed by atoms with van der Waals surface area (Å²) in [6, 6.07) is 4.36. The van der Waals surface area contributed by atoms with Crippen molar-refractivity contribution in [2.24, 2.45) is 0 Å². The van der Waals surface area contributed by atoms with E-state index >= 15 is 0 Å². The number of hydrogen-bond donors (Lipinski definition) is 1. The van der Waals surface area contributed by atoms with E-state index in [9.17, 15) is 8.78 Å². The monoisotopic (exact) mass is 280 g/mol. The van der Waals surface area contributed by atoms with E-state index in [1.54, 1.807) is 27.7 Å². The summed E-state index contributed by atoms with van der Waals surface area (Å²) >= 11 is 5.14. The van der Waals surface area contributed by atoms with Crippen molar-refractivity contribution in [3.63, 3.8) is 0 Å². The average Bonchev–Trinajstić information content (AvgIpc) is 2.99. The van der Waals surface area contributed by atoms with Crippen molar-refractivity contribution in [1.82, 2.24) is 19.3 Å². The van der Waals surface area contributed by atoms with E-state index in [4.69, 9.17) is 12.2 Å². The van der Waals surface area contributed by atoms with E-state index in [1.807, 2.05) is 0 Å². The molecular formula is C12H10F2N4S. The van der Waals surface area contributed by atoms with Crippen LogP contribution in [0.4, 0.5) is 8.78 Å². The molecule has 0 spiro atoms. The minimum atomic E-state index is -0.884. The zero-order valence-corrected chi connectivity index (χ0v) is 10.6. The van der Waals surface area contributed by atoms with Crippen LogP contribution in [0, 0.1) is 16.4 Å². The van der Waals surface area contributed by atoms with E-state index in [0.29, 0.717) is 23.4 Å². The summed E-state index contributed by atoms with van der Waals surface area (Å²) in [5.41, 5.74) is 0.654. The molecule has 7 heteroatoms. The van der Waals surface area contributed by atoms with Gasteiger partial charge in [-0.25, -0.2) is 8.78 Å². The van der Waals surface area contributed by atoms with Gasteiger partial charge in [-0.15, -0.1) is 0 Å². The van der Waals surface area contributed by atoms with Gasteiger partial charge in [-0.05, 0) is 30.4 Å². The Balaban J connectivity index is 2.05. The van der Waals surface area contributed by atoms with Gasteiger partial charge in [-0.3, -0.25) is 4.68 Å². The molecule has 0 saturated carbocycles. The third-order valence-corrected chi connectivity index (χ3v) is 3.26. The number of fused-ring (bicyclic) bond motifs is 1. The lowest BCUT2D eigenvalue weighted by Crippen LogP contribution is -2.08. The maximum absolute atomic E-state index is 13.9. The van der Waals surface area contributed by atoms with Gasteiger partial charge in [0.05, 0.1) is 12.1 Å². The van der Waals surface area contributed by atoms with Crippen molar-refractivity contribution >= 4 is 23.3 Å². The summed E-state index contributed by atoms with van der Waals surface area (Å²) in [6.07, 6.45) is 3.46. The molecule has 3 aromatic rings. The number of nitrogens with one attached hydrogen (secondary N) is 1. The molecule has 4 nitrogen and oxygen atoms in total. The van der Waals surface area contributed by atoms with Crippen molar-refractivity contribution in [3.8, 4) is 0 Å². The van der Waals surface area contributed by atoms with E-state index in [-0.39, 0.29) is 5.52 Å². The Hall–Kier alpha value is -2.02. The SMILES string of the molecule is Fc1ccc2[nH]c(=S)n(CCn3cccn3)c2c1F. The topological polar surface area (TPSA) is 38.5 Å². The van der Waals surface area contributed by atoms with Crippen LogP contribution >= 0.6 is 12.2 Å². The molecular weight excluding hydrogens is 270 g/mol. The Morgan fingerprint density at radius 2 is 2.11 bits per heavy atom. The summed E-state index contributed by atoms with van der Waals surface area (Å²) < 4.78 is 30.8. The second-order valence-corrected chi connectivity index (χ2v) is 4.50. The molecule has 19 heavy (non-hydrogen) atoms. The normalized spacial score (nSPS) is 11.3. The lowest BCUT2D eigenvalue weighted by Gasteiger charge is -2.05. The summed E-state index contributed by atoms with van der Waals surface area (Å²) in [4.78, 5) is 2.87. The van der Waals surface area contributed by atoms with Crippen LogP contribution in [0.1, 0.15) is 0 Å². The molecule has 1 N–H and O–H groups in total. The first-order valence-electron chi connectivity index (χ1n) is 5.71. The van der Waals surface area contributed by atoms with Crippen molar-refractivity contribution < 1.29 is 8.78 Å². The number of aromatic amines is 1. The smallest absolute Gasteiger partial charge is 0.184 e. The number of aromatic nitrogens is 4. The maximum atomic E-state index is 13.9. The van der Waals surface area contributed by atoms with Crippen molar-refractivity contribution in [2.75, 3.05) is 0 Å². The van der Waals surface area contributed by atoms with E-state index in [1.165, 1.54) is 6.07 Å². The third-order valence-electron chi connectivity index (χ3n) is 2.94. The highest BCUT2D eigenvalue weighted by Gasteiger charge is 2.13. The Bertz CT molecular complexity index is 773. The first kappa shape index (κ1) is 12.0. The molecule has 0 amide bonds. The molecule has 2 heterocycles. The van der Waals surface area contributed by atoms with Crippen molar-refractivity contribution in [2.45, 2.75) is 13.1 Å². The van der Waals surface area contributed by atoms with Gasteiger partial charge in [0.1, 0.15) is 5.52 Å². The van der Waals surface area contributed by atoms with Crippen LogP contribution in [0.3, 0.4) is 0 Å². The van der Waals surface area contributed by atoms with E-state index < -0.39 is 11.6 Å². The zero-order valence-electron chi connectivity index (χ0n) is 9.81. The first-order chi connectivity index (χ1) is 9.16. The van der Waals surface area contributed by atoms with Crippen LogP contribution in [0.5, 0.6) is 0 Å². The Labute approximate surface area is 112 Å². The highest BCUT2D eigenvalue weighted by atomic mass is 32.1. The zero-order chi connectivity index (χ0) is 13.4. The molecule has 98 valence electrons. The fraction of sp³-hybridized carbons (Fsp3) is 0.167. The molecule has 0 atom stereocenters. The van der Waals surface area contributed by atoms with Gasteiger partial charge in [0.25, 0.3) is 0 Å². The number of benzene rings is 1. The van der Waals surface area contributed by atoms with Gasteiger partial charge in [-0.2, -0.15) is 5.10 Å². The second-order valence-electron chi connectivity index (χ2n) is 4.11. The highest BCUT2D eigenvalue weighted by Crippen LogP contribution is 2.20. The number of hydrogen-bond acceptors (Lipinski definition) is 2. The lowest BCUT2D eigenvalue weighted by molar-refractivity contribution is 0.501. The molecule has 0 aliphatic heterocycles. The summed E-state index contributed by atoms with van der Waals surface area (Å²) in [5, 5.41) is 4.06. The predicted octanol–water partition coefficient (Wildman–Crippen LogP) is 2.87. The number of imidazole rings is 1. The highest BCUT2D eigenvalue weighted by molar-refractivity contribution is 7.71. The predicted molar refractivity (Wildman–Crippen MR) is 69.3 cm³/mol. The van der Waals surface area contributed by atoms with Gasteiger partial charge in [0.15, 0.2) is 16.4 Å². The number of rotatable bonds is 3. The molecule has 0 radical (unpaired) electrons. The van der Waals surface area contributed by atoms with Crippen LogP contribution < -0.4 is 0 Å². The summed E-state index contributed by atoms with van der Waals surface area (Å²) in [5.74, 6) is -1.76. The largest absolute Gasteiger partial charge is 0.330 e. The minimum absolute atomic E-state index is 0.164. The fourth-order valence-corrected chi connectivity index (χ4v) is 2.33. The van der Waals surface area contributed by atoms with Gasteiger partial charge >= 0.3 is 0 Å². The quantitative estimate of drug-likeness (QED) is 0.749. The Morgan fingerprint density at radius 1 is 1.26 bits per heavy atom.